The van der Waals surface area contributed by atoms with Crippen LogP contribution in [0.25, 0.3) is 22.6 Å². The van der Waals surface area contributed by atoms with Crippen molar-refractivity contribution in [2.45, 2.75) is 0 Å². The number of benzene rings is 2. The minimum absolute atomic E-state index is 0.145. The predicted molar refractivity (Wildman–Crippen MR) is 99.6 cm³/mol. The average molecular weight is 369 g/mol. The van der Waals surface area contributed by atoms with E-state index in [1.165, 1.54) is 27.4 Å². The van der Waals surface area contributed by atoms with Gasteiger partial charge in [0.2, 0.25) is 11.6 Å². The normalized spacial score (nSPS) is 10.5. The fourth-order valence-corrected chi connectivity index (χ4v) is 2.60. The van der Waals surface area contributed by atoms with E-state index < -0.39 is 5.97 Å². The number of methoxy groups -OCH3 is 3. The molecule has 3 aromatic rings. The number of fused-ring (bicyclic) bond motifs is 1. The highest BCUT2D eigenvalue weighted by Gasteiger charge is 2.18. The van der Waals surface area contributed by atoms with Crippen molar-refractivity contribution in [1.82, 2.24) is 4.98 Å². The first-order valence-electron chi connectivity index (χ1n) is 8.10. The number of esters is 1. The molecule has 2 aromatic carbocycles. The van der Waals surface area contributed by atoms with E-state index in [0.29, 0.717) is 45.4 Å². The number of oxazole rings is 1. The van der Waals surface area contributed by atoms with Gasteiger partial charge in [-0.25, -0.2) is 9.78 Å². The van der Waals surface area contributed by atoms with Gasteiger partial charge < -0.3 is 23.4 Å². The Labute approximate surface area is 156 Å². The zero-order valence-corrected chi connectivity index (χ0v) is 15.3. The molecule has 0 unspecified atom stereocenters. The molecule has 0 spiro atoms. The van der Waals surface area contributed by atoms with Crippen LogP contribution in [0.2, 0.25) is 0 Å². The van der Waals surface area contributed by atoms with Gasteiger partial charge in [0.15, 0.2) is 17.1 Å². The molecule has 7 heteroatoms. The number of carbonyl (C=O) groups is 1. The van der Waals surface area contributed by atoms with Gasteiger partial charge in [0, 0.05) is 5.56 Å². The Morgan fingerprint density at radius 2 is 1.81 bits per heavy atom. The third kappa shape index (κ3) is 3.57. The lowest BCUT2D eigenvalue weighted by Crippen LogP contribution is -2.04. The molecule has 0 fully saturated rings. The number of ether oxygens (including phenoxy) is 4. The lowest BCUT2D eigenvalue weighted by Gasteiger charge is -2.12. The van der Waals surface area contributed by atoms with E-state index in [9.17, 15) is 4.79 Å². The molecule has 0 saturated heterocycles. The van der Waals surface area contributed by atoms with E-state index in [-0.39, 0.29) is 6.61 Å². The van der Waals surface area contributed by atoms with Crippen molar-refractivity contribution in [3.05, 3.63) is 48.6 Å². The maximum atomic E-state index is 12.0. The van der Waals surface area contributed by atoms with Crippen LogP contribution in [0, 0.1) is 0 Å². The largest absolute Gasteiger partial charge is 0.493 e. The van der Waals surface area contributed by atoms with Gasteiger partial charge >= 0.3 is 5.97 Å². The Bertz CT molecular complexity index is 966. The van der Waals surface area contributed by atoms with E-state index in [1.54, 1.807) is 30.3 Å². The first-order chi connectivity index (χ1) is 13.1. The summed E-state index contributed by atoms with van der Waals surface area (Å²) in [4.78, 5) is 16.5. The summed E-state index contributed by atoms with van der Waals surface area (Å²) in [6.07, 6.45) is 1.51. The summed E-state index contributed by atoms with van der Waals surface area (Å²) in [7, 11) is 4.61. The van der Waals surface area contributed by atoms with Gasteiger partial charge in [0.1, 0.15) is 12.1 Å². The van der Waals surface area contributed by atoms with E-state index in [2.05, 4.69) is 11.6 Å². The third-order valence-electron chi connectivity index (χ3n) is 3.87. The first kappa shape index (κ1) is 18.3. The van der Waals surface area contributed by atoms with Crippen LogP contribution in [0.3, 0.4) is 0 Å². The zero-order valence-electron chi connectivity index (χ0n) is 15.3. The lowest BCUT2D eigenvalue weighted by atomic mass is 10.2. The fourth-order valence-electron chi connectivity index (χ4n) is 2.60. The van der Waals surface area contributed by atoms with Crippen LogP contribution in [0.15, 0.2) is 47.4 Å². The molecule has 0 atom stereocenters. The second-order valence-electron chi connectivity index (χ2n) is 5.50. The van der Waals surface area contributed by atoms with Crippen molar-refractivity contribution in [2.75, 3.05) is 27.9 Å². The number of hydrogen-bond acceptors (Lipinski definition) is 7. The summed E-state index contributed by atoms with van der Waals surface area (Å²) >= 11 is 0. The lowest BCUT2D eigenvalue weighted by molar-refractivity contribution is 0.0550. The van der Waals surface area contributed by atoms with Crippen LogP contribution in [0.4, 0.5) is 0 Å². The standard InChI is InChI=1S/C20H19NO6/c1-5-8-26-20(22)12-6-7-15-14(9-12)21-19(27-15)13-10-16(23-2)18(25-4)17(11-13)24-3/h5-7,9-11H,1,8H2,2-4H3. The van der Waals surface area contributed by atoms with E-state index in [1.807, 2.05) is 0 Å². The molecular weight excluding hydrogens is 350 g/mol. The third-order valence-corrected chi connectivity index (χ3v) is 3.87. The van der Waals surface area contributed by atoms with Crippen LogP contribution in [0.5, 0.6) is 17.2 Å². The number of rotatable bonds is 7. The quantitative estimate of drug-likeness (QED) is 0.462. The summed E-state index contributed by atoms with van der Waals surface area (Å²) < 4.78 is 26.9. The Kier molecular flexibility index (Phi) is 5.30. The molecule has 140 valence electrons. The Hall–Kier alpha value is -3.48. The SMILES string of the molecule is C=CCOC(=O)c1ccc2oc(-c3cc(OC)c(OC)c(OC)c3)nc2c1. The van der Waals surface area contributed by atoms with E-state index in [0.717, 1.165) is 0 Å². The van der Waals surface area contributed by atoms with Gasteiger partial charge in [-0.1, -0.05) is 12.7 Å². The molecule has 27 heavy (non-hydrogen) atoms. The summed E-state index contributed by atoms with van der Waals surface area (Å²) in [5.41, 5.74) is 2.11. The predicted octanol–water partition coefficient (Wildman–Crippen LogP) is 3.86. The highest BCUT2D eigenvalue weighted by Crippen LogP contribution is 2.41. The summed E-state index contributed by atoms with van der Waals surface area (Å²) in [5, 5.41) is 0. The molecule has 0 aliphatic carbocycles. The van der Waals surface area contributed by atoms with Gasteiger partial charge in [0.25, 0.3) is 0 Å². The summed E-state index contributed by atoms with van der Waals surface area (Å²) in [6.45, 7) is 3.66. The molecule has 0 amide bonds. The molecule has 0 aliphatic rings. The van der Waals surface area contributed by atoms with Gasteiger partial charge in [-0.2, -0.15) is 0 Å². The van der Waals surface area contributed by atoms with Crippen molar-refractivity contribution in [3.63, 3.8) is 0 Å². The average Bonchev–Trinajstić information content (AvgIpc) is 3.14. The van der Waals surface area contributed by atoms with E-state index in [4.69, 9.17) is 23.4 Å². The molecule has 0 radical (unpaired) electrons. The van der Waals surface area contributed by atoms with Crippen molar-refractivity contribution < 1.29 is 28.2 Å². The van der Waals surface area contributed by atoms with Crippen molar-refractivity contribution in [1.29, 1.82) is 0 Å². The van der Waals surface area contributed by atoms with E-state index >= 15 is 0 Å². The van der Waals surface area contributed by atoms with Gasteiger partial charge in [-0.3, -0.25) is 0 Å². The van der Waals surface area contributed by atoms with Crippen molar-refractivity contribution in [2.24, 2.45) is 0 Å². The van der Waals surface area contributed by atoms with Crippen molar-refractivity contribution >= 4 is 17.1 Å². The van der Waals surface area contributed by atoms with Crippen molar-refractivity contribution in [3.8, 4) is 28.7 Å². The second-order valence-corrected chi connectivity index (χ2v) is 5.50. The topological polar surface area (TPSA) is 80.0 Å². The molecule has 0 saturated carbocycles. The smallest absolute Gasteiger partial charge is 0.338 e. The Morgan fingerprint density at radius 1 is 1.11 bits per heavy atom. The Balaban J connectivity index is 2.02. The van der Waals surface area contributed by atoms with Gasteiger partial charge in [0.05, 0.1) is 26.9 Å². The highest BCUT2D eigenvalue weighted by molar-refractivity contribution is 5.93. The summed E-state index contributed by atoms with van der Waals surface area (Å²) in [5.74, 6) is 1.37. The summed E-state index contributed by atoms with van der Waals surface area (Å²) in [6, 6.07) is 8.40. The molecule has 7 nitrogen and oxygen atoms in total. The maximum absolute atomic E-state index is 12.0. The minimum Gasteiger partial charge on any atom is -0.493 e. The molecule has 0 bridgehead atoms. The number of aromatic nitrogens is 1. The Morgan fingerprint density at radius 3 is 2.41 bits per heavy atom. The molecular formula is C20H19NO6. The van der Waals surface area contributed by atoms with Crippen LogP contribution in [0.1, 0.15) is 10.4 Å². The first-order valence-corrected chi connectivity index (χ1v) is 8.10. The van der Waals surface area contributed by atoms with Crippen LogP contribution < -0.4 is 14.2 Å². The number of carbonyl (C=O) groups excluding carboxylic acids is 1. The second kappa shape index (κ2) is 7.82. The van der Waals surface area contributed by atoms with Gasteiger partial charge in [-0.05, 0) is 30.3 Å². The minimum atomic E-state index is -0.450. The van der Waals surface area contributed by atoms with Crippen LogP contribution >= 0.6 is 0 Å². The molecule has 0 aliphatic heterocycles. The van der Waals surface area contributed by atoms with Crippen LogP contribution in [-0.4, -0.2) is 38.9 Å². The maximum Gasteiger partial charge on any atom is 0.338 e. The fraction of sp³-hybridized carbons (Fsp3) is 0.200. The van der Waals surface area contributed by atoms with Crippen LogP contribution in [-0.2, 0) is 4.74 Å². The number of nitrogens with zero attached hydrogens (tertiary/aromatic N) is 1. The van der Waals surface area contributed by atoms with Gasteiger partial charge in [-0.15, -0.1) is 0 Å². The molecule has 0 N–H and O–H groups in total. The highest BCUT2D eigenvalue weighted by atomic mass is 16.5. The zero-order chi connectivity index (χ0) is 19.4. The number of hydrogen-bond donors (Lipinski definition) is 0. The molecule has 1 heterocycles. The molecule has 3 rings (SSSR count). The molecule has 1 aromatic heterocycles. The monoisotopic (exact) mass is 369 g/mol.